The van der Waals surface area contributed by atoms with E-state index < -0.39 is 12.2 Å². The number of nitrogens with zero attached hydrogens (tertiary/aromatic N) is 1. The lowest BCUT2D eigenvalue weighted by Crippen LogP contribution is -2.46. The second-order valence-corrected chi connectivity index (χ2v) is 5.44. The number of aromatic nitrogens is 1. The topological polar surface area (TPSA) is 65.7 Å². The number of carbonyl (C=O) groups is 2. The Hall–Kier alpha value is -1.95. The van der Waals surface area contributed by atoms with E-state index in [1.54, 1.807) is 29.1 Å². The second-order valence-electron chi connectivity index (χ2n) is 5.44. The summed E-state index contributed by atoms with van der Waals surface area (Å²) >= 11 is 0. The summed E-state index contributed by atoms with van der Waals surface area (Å²) in [5.74, 6) is -0.684. The van der Waals surface area contributed by atoms with Crippen LogP contribution in [0.15, 0.2) is 24.5 Å². The van der Waals surface area contributed by atoms with Crippen molar-refractivity contribution in [2.75, 3.05) is 7.11 Å². The maximum absolute atomic E-state index is 11.7. The Kier molecular flexibility index (Phi) is 5.13. The Morgan fingerprint density at radius 1 is 1.41 bits per heavy atom. The van der Waals surface area contributed by atoms with Crippen LogP contribution in [0.3, 0.4) is 0 Å². The summed E-state index contributed by atoms with van der Waals surface area (Å²) in [7, 11) is 1.34. The summed E-state index contributed by atoms with van der Waals surface area (Å²) in [4.78, 5) is 23.0. The summed E-state index contributed by atoms with van der Waals surface area (Å²) in [5.41, 5.74) is 0.419. The van der Waals surface area contributed by atoms with Crippen LogP contribution in [0, 0.1) is 5.92 Å². The van der Waals surface area contributed by atoms with Crippen LogP contribution >= 0.6 is 0 Å². The minimum atomic E-state index is -0.451. The lowest BCUT2D eigenvalue weighted by molar-refractivity contribution is -0.765. The average molecular weight is 308 g/mol. The van der Waals surface area contributed by atoms with E-state index in [0.29, 0.717) is 5.56 Å². The molecule has 0 aromatic carbocycles. The summed E-state index contributed by atoms with van der Waals surface area (Å²) in [6, 6.07) is 3.41. The van der Waals surface area contributed by atoms with Gasteiger partial charge in [-0.2, -0.15) is 4.57 Å². The van der Waals surface area contributed by atoms with Crippen LogP contribution in [-0.2, 0) is 19.0 Å². The third kappa shape index (κ3) is 3.27. The van der Waals surface area contributed by atoms with Crippen molar-refractivity contribution in [3.8, 4) is 0 Å². The normalized spacial score (nSPS) is 27.5. The first kappa shape index (κ1) is 16.4. The van der Waals surface area contributed by atoms with Crippen molar-refractivity contribution >= 4 is 11.9 Å². The van der Waals surface area contributed by atoms with Crippen molar-refractivity contribution in [2.45, 2.75) is 45.6 Å². The minimum absolute atomic E-state index is 0.00336. The molecular formula is C16H22NO5+. The fourth-order valence-corrected chi connectivity index (χ4v) is 2.81. The summed E-state index contributed by atoms with van der Waals surface area (Å²) in [6.45, 7) is 5.43. The molecule has 1 fully saturated rings. The van der Waals surface area contributed by atoms with Crippen molar-refractivity contribution in [1.29, 1.82) is 0 Å². The standard InChI is InChI=1S/C16H22NO5/c1-5-13-10(2)14(21-11(3)18)15(22-13)17-8-6-7-12(9-17)16(19)20-4/h6-10,13-15H,5H2,1-4H3/q+1/t10?,13-,14+,15-/m1/s1. The lowest BCUT2D eigenvalue weighted by Gasteiger charge is -2.17. The van der Waals surface area contributed by atoms with Crippen molar-refractivity contribution in [3.63, 3.8) is 0 Å². The van der Waals surface area contributed by atoms with E-state index in [0.717, 1.165) is 6.42 Å². The number of esters is 2. The quantitative estimate of drug-likeness (QED) is 0.625. The SMILES string of the molecule is CC[C@H]1O[C@@H]([n+]2cccc(C(=O)OC)c2)[C@@H](OC(C)=O)C1C. The molecule has 0 aliphatic carbocycles. The highest BCUT2D eigenvalue weighted by atomic mass is 16.6. The van der Waals surface area contributed by atoms with Crippen LogP contribution < -0.4 is 4.57 Å². The molecule has 0 N–H and O–H groups in total. The number of hydrogen-bond acceptors (Lipinski definition) is 5. The van der Waals surface area contributed by atoms with Gasteiger partial charge in [0.1, 0.15) is 5.56 Å². The van der Waals surface area contributed by atoms with Gasteiger partial charge in [0.05, 0.1) is 13.2 Å². The van der Waals surface area contributed by atoms with Gasteiger partial charge in [-0.05, 0) is 12.5 Å². The molecule has 0 radical (unpaired) electrons. The van der Waals surface area contributed by atoms with E-state index in [9.17, 15) is 9.59 Å². The van der Waals surface area contributed by atoms with Crippen molar-refractivity contribution in [1.82, 2.24) is 0 Å². The smallest absolute Gasteiger partial charge is 0.343 e. The average Bonchev–Trinajstić information content (AvgIpc) is 2.82. The first-order chi connectivity index (χ1) is 10.5. The van der Waals surface area contributed by atoms with Gasteiger partial charge in [0.2, 0.25) is 0 Å². The Morgan fingerprint density at radius 3 is 2.73 bits per heavy atom. The highest BCUT2D eigenvalue weighted by Gasteiger charge is 2.49. The molecule has 1 aliphatic heterocycles. The van der Waals surface area contributed by atoms with Crippen LogP contribution in [-0.4, -0.2) is 31.3 Å². The second kappa shape index (κ2) is 6.87. The first-order valence-corrected chi connectivity index (χ1v) is 7.39. The van der Waals surface area contributed by atoms with E-state index in [-0.39, 0.29) is 24.1 Å². The molecule has 2 heterocycles. The van der Waals surface area contributed by atoms with Crippen molar-refractivity contribution in [3.05, 3.63) is 30.1 Å². The van der Waals surface area contributed by atoms with Gasteiger partial charge in [0.25, 0.3) is 0 Å². The summed E-state index contributed by atoms with van der Waals surface area (Å²) in [5, 5.41) is 0. The maximum atomic E-state index is 11.7. The Bertz CT molecular complexity index is 559. The molecule has 1 aliphatic rings. The number of carbonyl (C=O) groups excluding carboxylic acids is 2. The van der Waals surface area contributed by atoms with Gasteiger partial charge in [0, 0.05) is 18.9 Å². The minimum Gasteiger partial charge on any atom is -0.465 e. The number of rotatable bonds is 4. The Morgan fingerprint density at radius 2 is 2.14 bits per heavy atom. The predicted octanol–water partition coefficient (Wildman–Crippen LogP) is 1.64. The maximum Gasteiger partial charge on any atom is 0.343 e. The van der Waals surface area contributed by atoms with Gasteiger partial charge < -0.3 is 14.2 Å². The van der Waals surface area contributed by atoms with Crippen LogP contribution in [0.25, 0.3) is 0 Å². The van der Waals surface area contributed by atoms with Gasteiger partial charge >= 0.3 is 18.2 Å². The molecule has 6 heteroatoms. The summed E-state index contributed by atoms with van der Waals surface area (Å²) < 4.78 is 18.0. The van der Waals surface area contributed by atoms with Gasteiger partial charge in [-0.15, -0.1) is 0 Å². The zero-order valence-electron chi connectivity index (χ0n) is 13.3. The van der Waals surface area contributed by atoms with Crippen LogP contribution in [0.4, 0.5) is 0 Å². The molecule has 0 spiro atoms. The first-order valence-electron chi connectivity index (χ1n) is 7.39. The Balaban J connectivity index is 2.32. The number of pyridine rings is 1. The van der Waals surface area contributed by atoms with Crippen molar-refractivity contribution < 1.29 is 28.4 Å². The van der Waals surface area contributed by atoms with E-state index >= 15 is 0 Å². The molecule has 4 atom stereocenters. The molecule has 1 aromatic rings. The Labute approximate surface area is 130 Å². The predicted molar refractivity (Wildman–Crippen MR) is 76.9 cm³/mol. The van der Waals surface area contributed by atoms with Gasteiger partial charge in [0.15, 0.2) is 18.5 Å². The lowest BCUT2D eigenvalue weighted by atomic mass is 9.98. The monoisotopic (exact) mass is 308 g/mol. The fraction of sp³-hybridized carbons (Fsp3) is 0.562. The van der Waals surface area contributed by atoms with E-state index in [2.05, 4.69) is 0 Å². The number of ether oxygens (including phenoxy) is 3. The largest absolute Gasteiger partial charge is 0.465 e. The van der Waals surface area contributed by atoms with E-state index in [1.807, 2.05) is 13.8 Å². The zero-order valence-corrected chi connectivity index (χ0v) is 13.3. The van der Waals surface area contributed by atoms with E-state index in [1.165, 1.54) is 14.0 Å². The van der Waals surface area contributed by atoms with Crippen LogP contribution in [0.2, 0.25) is 0 Å². The molecule has 0 amide bonds. The van der Waals surface area contributed by atoms with Crippen LogP contribution in [0.1, 0.15) is 43.8 Å². The third-order valence-corrected chi connectivity index (χ3v) is 3.94. The molecule has 2 rings (SSSR count). The summed E-state index contributed by atoms with van der Waals surface area (Å²) in [6.07, 6.45) is 3.43. The van der Waals surface area contributed by atoms with Crippen LogP contribution in [0.5, 0.6) is 0 Å². The highest BCUT2D eigenvalue weighted by Crippen LogP contribution is 2.34. The molecule has 22 heavy (non-hydrogen) atoms. The number of hydrogen-bond donors (Lipinski definition) is 0. The molecular weight excluding hydrogens is 286 g/mol. The molecule has 6 nitrogen and oxygen atoms in total. The molecule has 1 saturated heterocycles. The van der Waals surface area contributed by atoms with Gasteiger partial charge in [-0.3, -0.25) is 4.79 Å². The molecule has 120 valence electrons. The third-order valence-electron chi connectivity index (χ3n) is 3.94. The van der Waals surface area contributed by atoms with Gasteiger partial charge in [-0.25, -0.2) is 4.79 Å². The van der Waals surface area contributed by atoms with E-state index in [4.69, 9.17) is 14.2 Å². The zero-order chi connectivity index (χ0) is 16.3. The molecule has 1 aromatic heterocycles. The fourth-order valence-electron chi connectivity index (χ4n) is 2.81. The molecule has 1 unspecified atom stereocenters. The molecule has 0 bridgehead atoms. The van der Waals surface area contributed by atoms with Gasteiger partial charge in [-0.1, -0.05) is 13.8 Å². The highest BCUT2D eigenvalue weighted by molar-refractivity contribution is 5.88. The van der Waals surface area contributed by atoms with Crippen molar-refractivity contribution in [2.24, 2.45) is 5.92 Å². The molecule has 0 saturated carbocycles. The number of methoxy groups -OCH3 is 1.